The first kappa shape index (κ1) is 11.7. The van der Waals surface area contributed by atoms with Crippen LogP contribution in [0.4, 0.5) is 0 Å². The number of hydrogen-bond donors (Lipinski definition) is 0. The van der Waals surface area contributed by atoms with Gasteiger partial charge in [-0.1, -0.05) is 34.1 Å². The molecule has 0 aliphatic rings. The monoisotopic (exact) mass is 258 g/mol. The van der Waals surface area contributed by atoms with Gasteiger partial charge in [0.1, 0.15) is 0 Å². The van der Waals surface area contributed by atoms with Crippen LogP contribution in [0.1, 0.15) is 16.7 Å². The van der Waals surface area contributed by atoms with Gasteiger partial charge in [-0.2, -0.15) is 0 Å². The van der Waals surface area contributed by atoms with Gasteiger partial charge in [-0.25, -0.2) is 0 Å². The highest BCUT2D eigenvalue weighted by Gasteiger charge is 2.00. The lowest BCUT2D eigenvalue weighted by molar-refractivity contribution is 0.180. The average molecular weight is 259 g/mol. The summed E-state index contributed by atoms with van der Waals surface area (Å²) in [7, 11) is 3.41. The second kappa shape index (κ2) is 6.17. The second-order valence-electron chi connectivity index (χ2n) is 3.16. The van der Waals surface area contributed by atoms with Crippen LogP contribution in [0.15, 0.2) is 18.2 Å². The van der Waals surface area contributed by atoms with Crippen molar-refractivity contribution in [3.8, 4) is 0 Å². The summed E-state index contributed by atoms with van der Waals surface area (Å²) < 4.78 is 10.2. The largest absolute Gasteiger partial charge is 0.380 e. The first-order valence-electron chi connectivity index (χ1n) is 4.45. The van der Waals surface area contributed by atoms with E-state index in [1.54, 1.807) is 14.2 Å². The summed E-state index contributed by atoms with van der Waals surface area (Å²) in [6.45, 7) is 1.30. The molecule has 0 saturated heterocycles. The lowest BCUT2D eigenvalue weighted by Crippen LogP contribution is -1.95. The first-order valence-corrected chi connectivity index (χ1v) is 5.58. The topological polar surface area (TPSA) is 18.5 Å². The fourth-order valence-corrected chi connectivity index (χ4v) is 1.74. The molecule has 1 rings (SSSR count). The van der Waals surface area contributed by atoms with E-state index in [0.29, 0.717) is 13.2 Å². The molecule has 0 saturated carbocycles. The zero-order chi connectivity index (χ0) is 10.4. The maximum atomic E-state index is 5.10. The first-order chi connectivity index (χ1) is 6.80. The van der Waals surface area contributed by atoms with Gasteiger partial charge in [0.05, 0.1) is 13.2 Å². The van der Waals surface area contributed by atoms with Gasteiger partial charge in [0.2, 0.25) is 0 Å². The fourth-order valence-electron chi connectivity index (χ4n) is 1.42. The van der Waals surface area contributed by atoms with Crippen LogP contribution in [0.25, 0.3) is 0 Å². The summed E-state index contributed by atoms with van der Waals surface area (Å²) >= 11 is 3.45. The molecule has 0 spiro atoms. The van der Waals surface area contributed by atoms with Crippen LogP contribution in [0, 0.1) is 0 Å². The molecule has 1 aromatic rings. The highest BCUT2D eigenvalue weighted by Crippen LogP contribution is 2.14. The zero-order valence-electron chi connectivity index (χ0n) is 8.55. The number of ether oxygens (including phenoxy) is 2. The smallest absolute Gasteiger partial charge is 0.0713 e. The van der Waals surface area contributed by atoms with E-state index in [2.05, 4.69) is 34.1 Å². The summed E-state index contributed by atoms with van der Waals surface area (Å²) in [6.07, 6.45) is 0. The molecule has 0 aromatic heterocycles. The minimum absolute atomic E-state index is 0.650. The molecule has 0 atom stereocenters. The summed E-state index contributed by atoms with van der Waals surface area (Å²) in [5.74, 6) is 0. The standard InChI is InChI=1S/C11H15BrO2/c1-13-7-10-3-9(6-12)4-11(5-10)8-14-2/h3-5H,6-8H2,1-2H3. The molecule has 0 aliphatic heterocycles. The minimum atomic E-state index is 0.650. The number of methoxy groups -OCH3 is 2. The van der Waals surface area contributed by atoms with Gasteiger partial charge in [0.25, 0.3) is 0 Å². The van der Waals surface area contributed by atoms with Gasteiger partial charge < -0.3 is 9.47 Å². The normalized spacial score (nSPS) is 10.5. The van der Waals surface area contributed by atoms with Crippen LogP contribution in [-0.2, 0) is 28.0 Å². The third kappa shape index (κ3) is 3.40. The maximum Gasteiger partial charge on any atom is 0.0713 e. The van der Waals surface area contributed by atoms with E-state index < -0.39 is 0 Å². The Balaban J connectivity index is 2.88. The van der Waals surface area contributed by atoms with Crippen molar-refractivity contribution in [3.05, 3.63) is 34.9 Å². The van der Waals surface area contributed by atoms with Crippen molar-refractivity contribution in [1.29, 1.82) is 0 Å². The summed E-state index contributed by atoms with van der Waals surface area (Å²) in [6, 6.07) is 6.38. The average Bonchev–Trinajstić information content (AvgIpc) is 2.18. The van der Waals surface area contributed by atoms with Crippen LogP contribution in [0.5, 0.6) is 0 Å². The van der Waals surface area contributed by atoms with Crippen molar-refractivity contribution in [3.63, 3.8) is 0 Å². The van der Waals surface area contributed by atoms with E-state index in [1.165, 1.54) is 16.7 Å². The maximum absolute atomic E-state index is 5.10. The Morgan fingerprint density at radius 3 is 1.71 bits per heavy atom. The molecule has 0 unspecified atom stereocenters. The van der Waals surface area contributed by atoms with Gasteiger partial charge in [-0.05, 0) is 16.7 Å². The Hall–Kier alpha value is -0.380. The molecule has 78 valence electrons. The van der Waals surface area contributed by atoms with E-state index in [9.17, 15) is 0 Å². The molecule has 1 aromatic carbocycles. The molecular weight excluding hydrogens is 244 g/mol. The van der Waals surface area contributed by atoms with Crippen LogP contribution in [0.2, 0.25) is 0 Å². The molecule has 14 heavy (non-hydrogen) atoms. The molecule has 0 fully saturated rings. The molecule has 0 amide bonds. The highest BCUT2D eigenvalue weighted by atomic mass is 79.9. The summed E-state index contributed by atoms with van der Waals surface area (Å²) in [4.78, 5) is 0. The summed E-state index contributed by atoms with van der Waals surface area (Å²) in [5.41, 5.74) is 3.64. The van der Waals surface area contributed by atoms with Crippen molar-refractivity contribution in [2.45, 2.75) is 18.5 Å². The summed E-state index contributed by atoms with van der Waals surface area (Å²) in [5, 5.41) is 0.862. The molecule has 0 bridgehead atoms. The van der Waals surface area contributed by atoms with E-state index in [4.69, 9.17) is 9.47 Å². The Labute approximate surface area is 93.4 Å². The third-order valence-corrected chi connectivity index (χ3v) is 2.54. The zero-order valence-corrected chi connectivity index (χ0v) is 10.1. The van der Waals surface area contributed by atoms with E-state index in [-0.39, 0.29) is 0 Å². The lowest BCUT2D eigenvalue weighted by Gasteiger charge is -2.07. The molecule has 2 nitrogen and oxygen atoms in total. The van der Waals surface area contributed by atoms with Gasteiger partial charge in [0.15, 0.2) is 0 Å². The van der Waals surface area contributed by atoms with Crippen LogP contribution < -0.4 is 0 Å². The van der Waals surface area contributed by atoms with Crippen molar-refractivity contribution in [1.82, 2.24) is 0 Å². The van der Waals surface area contributed by atoms with E-state index in [0.717, 1.165) is 5.33 Å². The van der Waals surface area contributed by atoms with Crippen LogP contribution >= 0.6 is 15.9 Å². The van der Waals surface area contributed by atoms with Crippen LogP contribution in [0.3, 0.4) is 0 Å². The molecular formula is C11H15BrO2. The van der Waals surface area contributed by atoms with E-state index in [1.807, 2.05) is 0 Å². The third-order valence-electron chi connectivity index (χ3n) is 1.89. The Morgan fingerprint density at radius 2 is 1.36 bits per heavy atom. The molecule has 0 aliphatic carbocycles. The van der Waals surface area contributed by atoms with Crippen molar-refractivity contribution in [2.75, 3.05) is 14.2 Å². The van der Waals surface area contributed by atoms with Crippen molar-refractivity contribution in [2.24, 2.45) is 0 Å². The second-order valence-corrected chi connectivity index (χ2v) is 3.72. The molecule has 3 heteroatoms. The fraction of sp³-hybridized carbons (Fsp3) is 0.455. The number of rotatable bonds is 5. The highest BCUT2D eigenvalue weighted by molar-refractivity contribution is 9.08. The Bertz CT molecular complexity index is 262. The van der Waals surface area contributed by atoms with Crippen molar-refractivity contribution < 1.29 is 9.47 Å². The van der Waals surface area contributed by atoms with Gasteiger partial charge in [-0.15, -0.1) is 0 Å². The Morgan fingerprint density at radius 1 is 0.929 bits per heavy atom. The lowest BCUT2D eigenvalue weighted by atomic mass is 10.1. The number of halogens is 1. The molecule has 0 heterocycles. The Kier molecular flexibility index (Phi) is 5.15. The predicted octanol–water partition coefficient (Wildman–Crippen LogP) is 2.87. The van der Waals surface area contributed by atoms with Crippen molar-refractivity contribution >= 4 is 15.9 Å². The quantitative estimate of drug-likeness (QED) is 0.757. The number of alkyl halides is 1. The molecule has 0 radical (unpaired) electrons. The number of benzene rings is 1. The molecule has 0 N–H and O–H groups in total. The van der Waals surface area contributed by atoms with Gasteiger partial charge in [-0.3, -0.25) is 0 Å². The minimum Gasteiger partial charge on any atom is -0.380 e. The number of hydrogen-bond acceptors (Lipinski definition) is 2. The predicted molar refractivity (Wildman–Crippen MR) is 60.5 cm³/mol. The van der Waals surface area contributed by atoms with Gasteiger partial charge >= 0.3 is 0 Å². The SMILES string of the molecule is COCc1cc(CBr)cc(COC)c1. The van der Waals surface area contributed by atoms with Crippen LogP contribution in [-0.4, -0.2) is 14.2 Å². The van der Waals surface area contributed by atoms with Gasteiger partial charge in [0, 0.05) is 19.5 Å². The van der Waals surface area contributed by atoms with E-state index >= 15 is 0 Å².